The first-order valence-corrected chi connectivity index (χ1v) is 12.5. The van der Waals surface area contributed by atoms with Crippen LogP contribution in [0.15, 0.2) is 33.5 Å². The number of fused-ring (bicyclic) bond motifs is 1. The van der Waals surface area contributed by atoms with Crippen LogP contribution in [-0.2, 0) is 16.1 Å². The van der Waals surface area contributed by atoms with E-state index >= 15 is 0 Å². The van der Waals surface area contributed by atoms with Gasteiger partial charge in [-0.25, -0.2) is 4.79 Å². The summed E-state index contributed by atoms with van der Waals surface area (Å²) in [4.78, 5) is 24.9. The Bertz CT molecular complexity index is 976. The van der Waals surface area contributed by atoms with Crippen molar-refractivity contribution in [1.82, 2.24) is 0 Å². The second kappa shape index (κ2) is 7.69. The highest BCUT2D eigenvalue weighted by molar-refractivity contribution is 8.21. The van der Waals surface area contributed by atoms with Crippen molar-refractivity contribution in [2.24, 2.45) is 17.8 Å². The van der Waals surface area contributed by atoms with Gasteiger partial charge in [-0.3, -0.25) is 4.79 Å². The normalized spacial score (nSPS) is 28.0. The fourth-order valence-electron chi connectivity index (χ4n) is 5.52. The predicted molar refractivity (Wildman–Crippen MR) is 118 cm³/mol. The average molecular weight is 431 g/mol. The van der Waals surface area contributed by atoms with Crippen LogP contribution in [0, 0.1) is 24.7 Å². The van der Waals surface area contributed by atoms with E-state index in [-0.39, 0.29) is 18.5 Å². The first-order valence-electron chi connectivity index (χ1n) is 10.5. The van der Waals surface area contributed by atoms with Gasteiger partial charge in [-0.05, 0) is 56.1 Å². The van der Waals surface area contributed by atoms with Crippen molar-refractivity contribution in [1.29, 1.82) is 0 Å². The number of thioether (sulfide) groups is 2. The van der Waals surface area contributed by atoms with E-state index in [4.69, 9.17) is 9.15 Å². The molecule has 3 atom stereocenters. The fraction of sp³-hybridized carbons (Fsp3) is 0.565. The van der Waals surface area contributed by atoms with Crippen LogP contribution < -0.4 is 5.63 Å². The van der Waals surface area contributed by atoms with E-state index in [9.17, 15) is 9.59 Å². The van der Waals surface area contributed by atoms with Gasteiger partial charge in [0.2, 0.25) is 0 Å². The quantitative estimate of drug-likeness (QED) is 0.496. The fourth-order valence-corrected chi connectivity index (χ4v) is 9.46. The average Bonchev–Trinajstić information content (AvgIpc) is 3.14. The lowest BCUT2D eigenvalue weighted by Gasteiger charge is -2.51. The van der Waals surface area contributed by atoms with E-state index in [1.165, 1.54) is 36.8 Å². The summed E-state index contributed by atoms with van der Waals surface area (Å²) in [5.41, 5.74) is 1.89. The van der Waals surface area contributed by atoms with E-state index in [2.05, 4.69) is 23.5 Å². The van der Waals surface area contributed by atoms with Crippen molar-refractivity contribution in [3.63, 3.8) is 0 Å². The predicted octanol–water partition coefficient (Wildman–Crippen LogP) is 5.15. The van der Waals surface area contributed by atoms with Crippen LogP contribution in [0.5, 0.6) is 0 Å². The van der Waals surface area contributed by atoms with Crippen LogP contribution in [-0.4, -0.2) is 21.6 Å². The molecule has 1 saturated heterocycles. The van der Waals surface area contributed by atoms with E-state index in [1.54, 1.807) is 0 Å². The molecule has 1 spiro atoms. The number of benzene rings is 1. The standard InChI is InChI=1S/C23H26O4S2/c1-14-5-6-19-16(12-21(24)27-20(19)9-14)13-26-22(25)15-10-17-3-2-4-18(11-15)23(17)28-7-8-29-23/h5-6,9,12,15,17-18H,2-4,7-8,10-11,13H2,1H3/t15?,17-,18+. The molecule has 3 fully saturated rings. The molecule has 1 aromatic heterocycles. The SMILES string of the molecule is Cc1ccc2c(COC(=O)C3C[C@H]4CCC[C@@H](C3)C43SCCS3)cc(=O)oc2c1. The number of carbonyl (C=O) groups excluding carboxylic acids is 1. The zero-order chi connectivity index (χ0) is 20.0. The summed E-state index contributed by atoms with van der Waals surface area (Å²) in [5.74, 6) is 3.63. The number of hydrogen-bond acceptors (Lipinski definition) is 6. The van der Waals surface area contributed by atoms with Gasteiger partial charge in [0.25, 0.3) is 0 Å². The summed E-state index contributed by atoms with van der Waals surface area (Å²) in [5, 5.41) is 0.834. The van der Waals surface area contributed by atoms with Crippen molar-refractivity contribution in [2.45, 2.75) is 49.7 Å². The molecule has 1 aromatic carbocycles. The maximum absolute atomic E-state index is 12.9. The molecule has 1 unspecified atom stereocenters. The molecule has 2 aliphatic carbocycles. The smallest absolute Gasteiger partial charge is 0.336 e. The molecule has 1 aliphatic heterocycles. The topological polar surface area (TPSA) is 56.5 Å². The minimum atomic E-state index is -0.404. The zero-order valence-corrected chi connectivity index (χ0v) is 18.3. The third-order valence-corrected chi connectivity index (χ3v) is 10.8. The lowest BCUT2D eigenvalue weighted by Crippen LogP contribution is -2.48. The molecule has 2 heterocycles. The van der Waals surface area contributed by atoms with Gasteiger partial charge in [0.15, 0.2) is 0 Å². The molecule has 3 aliphatic rings. The number of rotatable bonds is 3. The number of esters is 1. The Labute approximate surface area is 179 Å². The molecule has 0 N–H and O–H groups in total. The molecule has 6 heteroatoms. The molecule has 5 rings (SSSR count). The van der Waals surface area contributed by atoms with Crippen molar-refractivity contribution in [2.75, 3.05) is 11.5 Å². The van der Waals surface area contributed by atoms with Crippen LogP contribution in [0.2, 0.25) is 0 Å². The summed E-state index contributed by atoms with van der Waals surface area (Å²) < 4.78 is 11.4. The minimum Gasteiger partial charge on any atom is -0.461 e. The Morgan fingerprint density at radius 3 is 2.62 bits per heavy atom. The van der Waals surface area contributed by atoms with Gasteiger partial charge in [0.05, 0.1) is 10.00 Å². The zero-order valence-electron chi connectivity index (χ0n) is 16.6. The molecule has 0 amide bonds. The van der Waals surface area contributed by atoms with Gasteiger partial charge in [-0.15, -0.1) is 23.5 Å². The second-order valence-corrected chi connectivity index (χ2v) is 11.6. The maximum atomic E-state index is 12.9. The summed E-state index contributed by atoms with van der Waals surface area (Å²) in [6.07, 6.45) is 5.68. The first kappa shape index (κ1) is 19.6. The van der Waals surface area contributed by atoms with Crippen molar-refractivity contribution in [3.8, 4) is 0 Å². The summed E-state index contributed by atoms with van der Waals surface area (Å²) in [6.45, 7) is 2.09. The monoisotopic (exact) mass is 430 g/mol. The molecule has 29 heavy (non-hydrogen) atoms. The van der Waals surface area contributed by atoms with Crippen LogP contribution in [0.25, 0.3) is 11.0 Å². The van der Waals surface area contributed by atoms with Gasteiger partial charge in [-0.2, -0.15) is 0 Å². The Morgan fingerprint density at radius 1 is 1.17 bits per heavy atom. The number of ether oxygens (including phenoxy) is 1. The van der Waals surface area contributed by atoms with Gasteiger partial charge < -0.3 is 9.15 Å². The van der Waals surface area contributed by atoms with E-state index in [1.807, 2.05) is 25.1 Å². The molecule has 154 valence electrons. The molecule has 2 bridgehead atoms. The lowest BCUT2D eigenvalue weighted by atomic mass is 9.67. The van der Waals surface area contributed by atoms with Gasteiger partial charge >= 0.3 is 11.6 Å². The van der Waals surface area contributed by atoms with Gasteiger partial charge in [0.1, 0.15) is 12.2 Å². The third kappa shape index (κ3) is 3.52. The van der Waals surface area contributed by atoms with Gasteiger partial charge in [-0.1, -0.05) is 18.6 Å². The summed E-state index contributed by atoms with van der Waals surface area (Å²) in [6, 6.07) is 7.20. The van der Waals surface area contributed by atoms with Crippen molar-refractivity contribution < 1.29 is 13.9 Å². The highest BCUT2D eigenvalue weighted by Crippen LogP contribution is 2.64. The molecule has 4 nitrogen and oxygen atoms in total. The van der Waals surface area contributed by atoms with E-state index in [0.717, 1.165) is 29.4 Å². The Kier molecular flexibility index (Phi) is 5.19. The summed E-state index contributed by atoms with van der Waals surface area (Å²) >= 11 is 4.30. The van der Waals surface area contributed by atoms with Crippen molar-refractivity contribution in [3.05, 3.63) is 45.8 Å². The molecular formula is C23H26O4S2. The maximum Gasteiger partial charge on any atom is 0.336 e. The largest absolute Gasteiger partial charge is 0.461 e. The number of carbonyl (C=O) groups is 1. The molecule has 0 radical (unpaired) electrons. The van der Waals surface area contributed by atoms with Gasteiger partial charge in [0, 0.05) is 28.5 Å². The van der Waals surface area contributed by atoms with Crippen LogP contribution in [0.4, 0.5) is 0 Å². The highest BCUT2D eigenvalue weighted by atomic mass is 32.2. The van der Waals surface area contributed by atoms with Crippen LogP contribution in [0.1, 0.15) is 43.2 Å². The van der Waals surface area contributed by atoms with E-state index < -0.39 is 5.63 Å². The number of aryl methyl sites for hydroxylation is 1. The second-order valence-electron chi connectivity index (χ2n) is 8.61. The molecular weight excluding hydrogens is 404 g/mol. The Balaban J connectivity index is 1.31. The summed E-state index contributed by atoms with van der Waals surface area (Å²) in [7, 11) is 0. The highest BCUT2D eigenvalue weighted by Gasteiger charge is 2.55. The molecule has 2 aromatic rings. The Morgan fingerprint density at radius 2 is 1.90 bits per heavy atom. The van der Waals surface area contributed by atoms with Crippen LogP contribution in [0.3, 0.4) is 0 Å². The molecule has 2 saturated carbocycles. The first-order chi connectivity index (χ1) is 14.0. The lowest BCUT2D eigenvalue weighted by molar-refractivity contribution is -0.152. The van der Waals surface area contributed by atoms with Crippen molar-refractivity contribution >= 4 is 40.5 Å². The minimum absolute atomic E-state index is 0.00800. The number of hydrogen-bond donors (Lipinski definition) is 0. The van der Waals surface area contributed by atoms with E-state index in [0.29, 0.717) is 21.5 Å². The third-order valence-electron chi connectivity index (χ3n) is 6.81. The van der Waals surface area contributed by atoms with Crippen LogP contribution >= 0.6 is 23.5 Å². The Hall–Kier alpha value is -1.40.